The molecule has 0 amide bonds. The first-order valence-corrected chi connectivity index (χ1v) is 4.78. The second-order valence-electron chi connectivity index (χ2n) is 4.16. The molecule has 0 saturated carbocycles. The van der Waals surface area contributed by atoms with E-state index in [1.807, 2.05) is 26.0 Å². The largest absolute Gasteiger partial charge is 1.00 e. The average Bonchev–Trinajstić information content (AvgIpc) is 1.98. The third-order valence-electron chi connectivity index (χ3n) is 2.16. The van der Waals surface area contributed by atoms with Crippen molar-refractivity contribution < 1.29 is 34.7 Å². The normalized spacial score (nSPS) is 10.1. The van der Waals surface area contributed by atoms with Crippen LogP contribution in [0.2, 0.25) is 0 Å². The van der Waals surface area contributed by atoms with Crippen LogP contribution in [-0.4, -0.2) is 0 Å². The Morgan fingerprint density at radius 1 is 1.14 bits per heavy atom. The van der Waals surface area contributed by atoms with E-state index in [2.05, 4.69) is 13.8 Å². The van der Waals surface area contributed by atoms with Gasteiger partial charge in [-0.15, -0.1) is 5.75 Å². The maximum absolute atomic E-state index is 11.4. The average molecular weight is 200 g/mol. The Morgan fingerprint density at radius 3 is 1.93 bits per heavy atom. The van der Waals surface area contributed by atoms with Gasteiger partial charge in [-0.1, -0.05) is 37.1 Å². The molecule has 1 aromatic rings. The van der Waals surface area contributed by atoms with Crippen molar-refractivity contribution >= 4 is 0 Å². The number of hydrogen-bond donors (Lipinski definition) is 0. The van der Waals surface area contributed by atoms with Crippen molar-refractivity contribution in [3.05, 3.63) is 28.8 Å². The van der Waals surface area contributed by atoms with Gasteiger partial charge in [-0.2, -0.15) is 0 Å². The summed E-state index contributed by atoms with van der Waals surface area (Å²) in [5, 5.41) is 11.4. The summed E-state index contributed by atoms with van der Waals surface area (Å²) in [6.45, 7) is 8.16. The molecular weight excluding hydrogens is 183 g/mol. The van der Waals surface area contributed by atoms with Gasteiger partial charge in [0.05, 0.1) is 0 Å². The molecule has 0 unspecified atom stereocenters. The molecular formula is C12H17NaO. The van der Waals surface area contributed by atoms with Crippen LogP contribution in [-0.2, 0) is 6.42 Å². The first-order valence-electron chi connectivity index (χ1n) is 4.78. The van der Waals surface area contributed by atoms with Crippen LogP contribution in [0.4, 0.5) is 0 Å². The standard InChI is InChI=1S/C12H18O.Na/c1-8(2)5-11-6-9(3)12(13)10(4)7-11;/h6-8,13H,5H2,1-4H3;/q;+1/p-1. The third kappa shape index (κ3) is 3.64. The minimum Gasteiger partial charge on any atom is -0.872 e. The fraction of sp³-hybridized carbons (Fsp3) is 0.500. The molecule has 0 atom stereocenters. The molecule has 0 heterocycles. The van der Waals surface area contributed by atoms with Gasteiger partial charge >= 0.3 is 29.6 Å². The molecule has 72 valence electrons. The summed E-state index contributed by atoms with van der Waals surface area (Å²) >= 11 is 0. The predicted octanol–water partition coefficient (Wildman–Crippen LogP) is -0.420. The topological polar surface area (TPSA) is 23.1 Å². The van der Waals surface area contributed by atoms with E-state index in [1.54, 1.807) is 0 Å². The van der Waals surface area contributed by atoms with Crippen molar-refractivity contribution in [1.82, 2.24) is 0 Å². The molecule has 0 radical (unpaired) electrons. The van der Waals surface area contributed by atoms with Gasteiger partial charge in [-0.05, 0) is 31.7 Å². The van der Waals surface area contributed by atoms with Crippen LogP contribution in [0, 0.1) is 19.8 Å². The molecule has 0 aliphatic heterocycles. The Balaban J connectivity index is 0.00000169. The Hall–Kier alpha value is 0.0200. The van der Waals surface area contributed by atoms with Crippen molar-refractivity contribution in [2.24, 2.45) is 5.92 Å². The maximum atomic E-state index is 11.4. The molecule has 0 spiro atoms. The Kier molecular flexibility index (Phi) is 5.80. The number of benzene rings is 1. The quantitative estimate of drug-likeness (QED) is 0.595. The van der Waals surface area contributed by atoms with Gasteiger partial charge in [0, 0.05) is 0 Å². The Bertz CT molecular complexity index is 282. The zero-order chi connectivity index (χ0) is 10.0. The minimum absolute atomic E-state index is 0. The van der Waals surface area contributed by atoms with E-state index in [4.69, 9.17) is 0 Å². The van der Waals surface area contributed by atoms with Crippen LogP contribution >= 0.6 is 0 Å². The van der Waals surface area contributed by atoms with Crippen LogP contribution in [0.25, 0.3) is 0 Å². The molecule has 2 heteroatoms. The van der Waals surface area contributed by atoms with E-state index in [0.717, 1.165) is 17.5 Å². The molecule has 14 heavy (non-hydrogen) atoms. The molecule has 0 N–H and O–H groups in total. The predicted molar refractivity (Wildman–Crippen MR) is 53.9 cm³/mol. The fourth-order valence-corrected chi connectivity index (χ4v) is 1.63. The van der Waals surface area contributed by atoms with Crippen molar-refractivity contribution in [2.45, 2.75) is 34.1 Å². The van der Waals surface area contributed by atoms with Crippen LogP contribution in [0.3, 0.4) is 0 Å². The zero-order valence-electron chi connectivity index (χ0n) is 9.85. The van der Waals surface area contributed by atoms with Crippen molar-refractivity contribution in [3.63, 3.8) is 0 Å². The molecule has 0 aliphatic rings. The fourth-order valence-electron chi connectivity index (χ4n) is 1.63. The van der Waals surface area contributed by atoms with E-state index >= 15 is 0 Å². The van der Waals surface area contributed by atoms with Crippen LogP contribution in [0.15, 0.2) is 12.1 Å². The van der Waals surface area contributed by atoms with Gasteiger partial charge in [-0.25, -0.2) is 0 Å². The van der Waals surface area contributed by atoms with Crippen molar-refractivity contribution in [3.8, 4) is 5.75 Å². The molecule has 0 fully saturated rings. The van der Waals surface area contributed by atoms with Gasteiger partial charge < -0.3 is 5.11 Å². The van der Waals surface area contributed by atoms with Crippen molar-refractivity contribution in [1.29, 1.82) is 0 Å². The first-order chi connectivity index (χ1) is 6.00. The van der Waals surface area contributed by atoms with Crippen LogP contribution < -0.4 is 34.7 Å². The Morgan fingerprint density at radius 2 is 1.57 bits per heavy atom. The van der Waals surface area contributed by atoms with E-state index in [1.165, 1.54) is 5.56 Å². The summed E-state index contributed by atoms with van der Waals surface area (Å²) in [6, 6.07) is 4.02. The van der Waals surface area contributed by atoms with Gasteiger partial charge in [-0.3, -0.25) is 0 Å². The van der Waals surface area contributed by atoms with Crippen LogP contribution in [0.5, 0.6) is 5.75 Å². The van der Waals surface area contributed by atoms with Gasteiger partial charge in [0.15, 0.2) is 0 Å². The van der Waals surface area contributed by atoms with Gasteiger partial charge in [0.2, 0.25) is 0 Å². The molecule has 0 aromatic heterocycles. The van der Waals surface area contributed by atoms with Crippen molar-refractivity contribution in [2.75, 3.05) is 0 Å². The number of aryl methyl sites for hydroxylation is 2. The zero-order valence-corrected chi connectivity index (χ0v) is 11.8. The molecule has 0 bridgehead atoms. The number of hydrogen-bond acceptors (Lipinski definition) is 1. The third-order valence-corrected chi connectivity index (χ3v) is 2.16. The van der Waals surface area contributed by atoms with E-state index < -0.39 is 0 Å². The summed E-state index contributed by atoms with van der Waals surface area (Å²) in [7, 11) is 0. The molecule has 0 aliphatic carbocycles. The first kappa shape index (κ1) is 14.0. The Labute approximate surface area is 109 Å². The maximum Gasteiger partial charge on any atom is 1.00 e. The second kappa shape index (κ2) is 5.79. The summed E-state index contributed by atoms with van der Waals surface area (Å²) in [4.78, 5) is 0. The summed E-state index contributed by atoms with van der Waals surface area (Å²) < 4.78 is 0. The van der Waals surface area contributed by atoms with E-state index in [9.17, 15) is 5.11 Å². The second-order valence-corrected chi connectivity index (χ2v) is 4.16. The van der Waals surface area contributed by atoms with E-state index in [0.29, 0.717) is 5.92 Å². The summed E-state index contributed by atoms with van der Waals surface area (Å²) in [5.74, 6) is 0.837. The summed E-state index contributed by atoms with van der Waals surface area (Å²) in [5.41, 5.74) is 3.02. The van der Waals surface area contributed by atoms with Crippen LogP contribution in [0.1, 0.15) is 30.5 Å². The molecule has 1 nitrogen and oxygen atoms in total. The van der Waals surface area contributed by atoms with Gasteiger partial charge in [0.25, 0.3) is 0 Å². The molecule has 1 aromatic carbocycles. The smallest absolute Gasteiger partial charge is 0.872 e. The van der Waals surface area contributed by atoms with Gasteiger partial charge in [0.1, 0.15) is 0 Å². The number of rotatable bonds is 2. The monoisotopic (exact) mass is 200 g/mol. The minimum atomic E-state index is 0. The SMILES string of the molecule is Cc1cc(CC(C)C)cc(C)c1[O-].[Na+]. The molecule has 1 rings (SSSR count). The van der Waals surface area contributed by atoms with E-state index in [-0.39, 0.29) is 35.3 Å². The summed E-state index contributed by atoms with van der Waals surface area (Å²) in [6.07, 6.45) is 1.06. The molecule has 0 saturated heterocycles.